The Labute approximate surface area is 120 Å². The number of rotatable bonds is 5. The van der Waals surface area contributed by atoms with Gasteiger partial charge >= 0.3 is 0 Å². The molecule has 2 fully saturated rings. The molecule has 1 unspecified atom stereocenters. The van der Waals surface area contributed by atoms with Gasteiger partial charge in [0.1, 0.15) is 11.6 Å². The standard InChI is InChI=1S/C17H24FNO/c18-15-8-14(9-16-6-1-2-7-19-16)10-17(11-15)20-12-13-4-3-5-13/h8,10-11,13,16,19H,1-7,9,12H2. The maximum absolute atomic E-state index is 13.7. The maximum atomic E-state index is 13.7. The SMILES string of the molecule is Fc1cc(CC2CCCCN2)cc(OCC2CCC2)c1. The zero-order valence-corrected chi connectivity index (χ0v) is 12.0. The van der Waals surface area contributed by atoms with Crippen molar-refractivity contribution in [3.8, 4) is 5.75 Å². The smallest absolute Gasteiger partial charge is 0.127 e. The highest BCUT2D eigenvalue weighted by atomic mass is 19.1. The van der Waals surface area contributed by atoms with E-state index in [-0.39, 0.29) is 5.82 Å². The highest BCUT2D eigenvalue weighted by molar-refractivity contribution is 5.30. The van der Waals surface area contributed by atoms with Gasteiger partial charge in [-0.15, -0.1) is 0 Å². The molecule has 3 heteroatoms. The van der Waals surface area contributed by atoms with E-state index in [2.05, 4.69) is 5.32 Å². The molecule has 1 saturated heterocycles. The van der Waals surface area contributed by atoms with E-state index in [0.717, 1.165) is 25.1 Å². The first-order valence-electron chi connectivity index (χ1n) is 7.95. The lowest BCUT2D eigenvalue weighted by Crippen LogP contribution is -2.35. The van der Waals surface area contributed by atoms with Gasteiger partial charge in [-0.1, -0.05) is 12.8 Å². The molecule has 1 aromatic carbocycles. The summed E-state index contributed by atoms with van der Waals surface area (Å²) in [5.41, 5.74) is 1.05. The molecule has 0 aromatic heterocycles. The molecular formula is C17H24FNO. The number of hydrogen-bond acceptors (Lipinski definition) is 2. The molecular weight excluding hydrogens is 253 g/mol. The van der Waals surface area contributed by atoms with Crippen LogP contribution in [-0.2, 0) is 6.42 Å². The van der Waals surface area contributed by atoms with Crippen molar-refractivity contribution >= 4 is 0 Å². The Kier molecular flexibility index (Phi) is 4.56. The minimum absolute atomic E-state index is 0.179. The Morgan fingerprint density at radius 1 is 1.10 bits per heavy atom. The van der Waals surface area contributed by atoms with Crippen molar-refractivity contribution in [1.82, 2.24) is 5.32 Å². The maximum Gasteiger partial charge on any atom is 0.127 e. The summed E-state index contributed by atoms with van der Waals surface area (Å²) in [5.74, 6) is 1.20. The van der Waals surface area contributed by atoms with E-state index in [1.807, 2.05) is 6.07 Å². The second kappa shape index (κ2) is 6.57. The average molecular weight is 277 g/mol. The van der Waals surface area contributed by atoms with Crippen molar-refractivity contribution < 1.29 is 9.13 Å². The van der Waals surface area contributed by atoms with Gasteiger partial charge in [0, 0.05) is 12.1 Å². The number of piperidine rings is 1. The molecule has 0 spiro atoms. The molecule has 1 atom stereocenters. The van der Waals surface area contributed by atoms with Gasteiger partial charge < -0.3 is 10.1 Å². The highest BCUT2D eigenvalue weighted by Gasteiger charge is 2.18. The number of ether oxygens (including phenoxy) is 1. The van der Waals surface area contributed by atoms with Crippen molar-refractivity contribution in [3.63, 3.8) is 0 Å². The Morgan fingerprint density at radius 3 is 2.70 bits per heavy atom. The Hall–Kier alpha value is -1.09. The molecule has 20 heavy (non-hydrogen) atoms. The van der Waals surface area contributed by atoms with Crippen LogP contribution in [0.3, 0.4) is 0 Å². The lowest BCUT2D eigenvalue weighted by molar-refractivity contribution is 0.180. The van der Waals surface area contributed by atoms with Crippen LogP contribution in [0, 0.1) is 11.7 Å². The molecule has 0 radical (unpaired) electrons. The fourth-order valence-corrected chi connectivity index (χ4v) is 3.08. The molecule has 2 aliphatic rings. The van der Waals surface area contributed by atoms with Gasteiger partial charge in [0.15, 0.2) is 0 Å². The van der Waals surface area contributed by atoms with E-state index in [1.54, 1.807) is 6.07 Å². The van der Waals surface area contributed by atoms with Crippen LogP contribution in [0.5, 0.6) is 5.75 Å². The van der Waals surface area contributed by atoms with Crippen LogP contribution in [0.1, 0.15) is 44.1 Å². The third-order valence-electron chi connectivity index (χ3n) is 4.54. The number of hydrogen-bond donors (Lipinski definition) is 1. The van der Waals surface area contributed by atoms with E-state index >= 15 is 0 Å². The lowest BCUT2D eigenvalue weighted by Gasteiger charge is -2.25. The molecule has 1 N–H and O–H groups in total. The fraction of sp³-hybridized carbons (Fsp3) is 0.647. The van der Waals surface area contributed by atoms with Crippen LogP contribution in [0.2, 0.25) is 0 Å². The van der Waals surface area contributed by atoms with Gasteiger partial charge in [-0.25, -0.2) is 4.39 Å². The predicted molar refractivity (Wildman–Crippen MR) is 78.6 cm³/mol. The summed E-state index contributed by atoms with van der Waals surface area (Å²) in [6.45, 7) is 1.83. The molecule has 2 nitrogen and oxygen atoms in total. The Morgan fingerprint density at radius 2 is 2.00 bits per heavy atom. The summed E-state index contributed by atoms with van der Waals surface area (Å²) in [5, 5.41) is 3.51. The van der Waals surface area contributed by atoms with Crippen LogP contribution >= 0.6 is 0 Å². The molecule has 0 amide bonds. The first-order valence-corrected chi connectivity index (χ1v) is 7.95. The van der Waals surface area contributed by atoms with Crippen molar-refractivity contribution in [2.24, 2.45) is 5.92 Å². The van der Waals surface area contributed by atoms with Crippen molar-refractivity contribution in [1.29, 1.82) is 0 Å². The van der Waals surface area contributed by atoms with E-state index in [1.165, 1.54) is 44.6 Å². The van der Waals surface area contributed by atoms with Gasteiger partial charge in [0.05, 0.1) is 6.61 Å². The fourth-order valence-electron chi connectivity index (χ4n) is 3.08. The normalized spacial score (nSPS) is 23.4. The van der Waals surface area contributed by atoms with Gasteiger partial charge in [-0.05, 0) is 62.3 Å². The molecule has 1 aromatic rings. The Bertz CT molecular complexity index is 439. The van der Waals surface area contributed by atoms with Crippen molar-refractivity contribution in [2.75, 3.05) is 13.2 Å². The first-order chi connectivity index (χ1) is 9.79. The monoisotopic (exact) mass is 277 g/mol. The quantitative estimate of drug-likeness (QED) is 0.886. The summed E-state index contributed by atoms with van der Waals surface area (Å²) >= 11 is 0. The summed E-state index contributed by atoms with van der Waals surface area (Å²) in [7, 11) is 0. The number of halogens is 1. The highest BCUT2D eigenvalue weighted by Crippen LogP contribution is 2.28. The van der Waals surface area contributed by atoms with Crippen LogP contribution < -0.4 is 10.1 Å². The van der Waals surface area contributed by atoms with E-state index < -0.39 is 0 Å². The van der Waals surface area contributed by atoms with Crippen LogP contribution in [-0.4, -0.2) is 19.2 Å². The predicted octanol–water partition coefficient (Wildman–Crippen LogP) is 3.69. The van der Waals surface area contributed by atoms with Crippen molar-refractivity contribution in [2.45, 2.75) is 51.0 Å². The summed E-state index contributed by atoms with van der Waals surface area (Å²) in [6, 6.07) is 5.66. The van der Waals surface area contributed by atoms with Crippen LogP contribution in [0.15, 0.2) is 18.2 Å². The molecule has 1 heterocycles. The van der Waals surface area contributed by atoms with E-state index in [0.29, 0.717) is 17.7 Å². The summed E-state index contributed by atoms with van der Waals surface area (Å²) in [6.07, 6.45) is 8.46. The van der Waals surface area contributed by atoms with Crippen LogP contribution in [0.4, 0.5) is 4.39 Å². The third kappa shape index (κ3) is 3.72. The number of benzene rings is 1. The first kappa shape index (κ1) is 13.9. The van der Waals surface area contributed by atoms with Gasteiger partial charge in [-0.2, -0.15) is 0 Å². The lowest BCUT2D eigenvalue weighted by atomic mass is 9.86. The number of nitrogens with one attached hydrogen (secondary N) is 1. The van der Waals surface area contributed by atoms with Gasteiger partial charge in [0.25, 0.3) is 0 Å². The average Bonchev–Trinajstić information content (AvgIpc) is 2.37. The molecule has 0 bridgehead atoms. The Balaban J connectivity index is 1.59. The van der Waals surface area contributed by atoms with Crippen molar-refractivity contribution in [3.05, 3.63) is 29.6 Å². The van der Waals surface area contributed by atoms with E-state index in [9.17, 15) is 4.39 Å². The largest absolute Gasteiger partial charge is 0.493 e. The molecule has 3 rings (SSSR count). The zero-order chi connectivity index (χ0) is 13.8. The topological polar surface area (TPSA) is 21.3 Å². The summed E-state index contributed by atoms with van der Waals surface area (Å²) < 4.78 is 19.5. The zero-order valence-electron chi connectivity index (χ0n) is 12.0. The van der Waals surface area contributed by atoms with E-state index in [4.69, 9.17) is 4.74 Å². The third-order valence-corrected chi connectivity index (χ3v) is 4.54. The van der Waals surface area contributed by atoms with Gasteiger partial charge in [0.2, 0.25) is 0 Å². The second-order valence-electron chi connectivity index (χ2n) is 6.25. The van der Waals surface area contributed by atoms with Crippen LogP contribution in [0.25, 0.3) is 0 Å². The molecule has 1 saturated carbocycles. The van der Waals surface area contributed by atoms with Gasteiger partial charge in [-0.3, -0.25) is 0 Å². The molecule has 1 aliphatic carbocycles. The minimum atomic E-state index is -0.179. The molecule has 110 valence electrons. The second-order valence-corrected chi connectivity index (χ2v) is 6.25. The molecule has 1 aliphatic heterocycles. The minimum Gasteiger partial charge on any atom is -0.493 e. The summed E-state index contributed by atoms with van der Waals surface area (Å²) in [4.78, 5) is 0.